The standard InChI is InChI=1S/C14H14N4O/c1-9-8-10(19-2)5-6-12(9)18-13-11(17-14(18)15)4-3-7-16-13/h3-8H,1-2H3,(H2,15,17). The van der Waals surface area contributed by atoms with Gasteiger partial charge in [0.2, 0.25) is 5.95 Å². The first-order valence-corrected chi connectivity index (χ1v) is 5.94. The van der Waals surface area contributed by atoms with Gasteiger partial charge in [0, 0.05) is 6.20 Å². The molecule has 0 fully saturated rings. The second kappa shape index (κ2) is 4.28. The van der Waals surface area contributed by atoms with E-state index in [-0.39, 0.29) is 0 Å². The number of pyridine rings is 1. The predicted octanol–water partition coefficient (Wildman–Crippen LogP) is 2.32. The van der Waals surface area contributed by atoms with E-state index in [0.29, 0.717) is 5.95 Å². The summed E-state index contributed by atoms with van der Waals surface area (Å²) in [7, 11) is 1.65. The van der Waals surface area contributed by atoms with Crippen LogP contribution in [0.1, 0.15) is 5.56 Å². The van der Waals surface area contributed by atoms with Crippen LogP contribution < -0.4 is 10.5 Å². The second-order valence-corrected chi connectivity index (χ2v) is 4.30. The van der Waals surface area contributed by atoms with Gasteiger partial charge in [-0.3, -0.25) is 4.57 Å². The molecule has 2 heterocycles. The molecule has 0 atom stereocenters. The molecule has 3 rings (SSSR count). The molecule has 19 heavy (non-hydrogen) atoms. The minimum Gasteiger partial charge on any atom is -0.497 e. The number of methoxy groups -OCH3 is 1. The van der Waals surface area contributed by atoms with Crippen molar-refractivity contribution in [2.24, 2.45) is 0 Å². The summed E-state index contributed by atoms with van der Waals surface area (Å²) in [5, 5.41) is 0. The molecular weight excluding hydrogens is 240 g/mol. The van der Waals surface area contributed by atoms with E-state index < -0.39 is 0 Å². The number of aromatic nitrogens is 3. The first kappa shape index (κ1) is 11.5. The first-order valence-electron chi connectivity index (χ1n) is 5.94. The number of nitrogens with two attached hydrogens (primary N) is 1. The molecule has 1 aromatic carbocycles. The zero-order chi connectivity index (χ0) is 13.4. The molecule has 0 saturated heterocycles. The molecule has 0 spiro atoms. The van der Waals surface area contributed by atoms with Crippen LogP contribution in [0.5, 0.6) is 5.75 Å². The number of nitrogens with zero attached hydrogens (tertiary/aromatic N) is 3. The summed E-state index contributed by atoms with van der Waals surface area (Å²) in [6.45, 7) is 2.01. The van der Waals surface area contributed by atoms with E-state index in [2.05, 4.69) is 9.97 Å². The summed E-state index contributed by atoms with van der Waals surface area (Å²) in [5.74, 6) is 1.25. The van der Waals surface area contributed by atoms with Crippen molar-refractivity contribution in [3.63, 3.8) is 0 Å². The highest BCUT2D eigenvalue weighted by Gasteiger charge is 2.12. The molecule has 5 heteroatoms. The lowest BCUT2D eigenvalue weighted by Crippen LogP contribution is -2.03. The van der Waals surface area contributed by atoms with E-state index in [9.17, 15) is 0 Å². The van der Waals surface area contributed by atoms with Crippen LogP contribution in [-0.4, -0.2) is 21.6 Å². The monoisotopic (exact) mass is 254 g/mol. The van der Waals surface area contributed by atoms with E-state index in [1.54, 1.807) is 13.3 Å². The average molecular weight is 254 g/mol. The number of fused-ring (bicyclic) bond motifs is 1. The number of hydrogen-bond acceptors (Lipinski definition) is 4. The molecule has 0 aliphatic heterocycles. The number of rotatable bonds is 2. The highest BCUT2D eigenvalue weighted by Crippen LogP contribution is 2.26. The van der Waals surface area contributed by atoms with Crippen molar-refractivity contribution in [1.82, 2.24) is 14.5 Å². The molecule has 2 aromatic heterocycles. The van der Waals surface area contributed by atoms with Crippen LogP contribution in [0.3, 0.4) is 0 Å². The normalized spacial score (nSPS) is 10.8. The number of aryl methyl sites for hydroxylation is 1. The highest BCUT2D eigenvalue weighted by atomic mass is 16.5. The predicted molar refractivity (Wildman–Crippen MR) is 74.6 cm³/mol. The Labute approximate surface area is 110 Å². The number of ether oxygens (including phenoxy) is 1. The van der Waals surface area contributed by atoms with Crippen LogP contribution >= 0.6 is 0 Å². The smallest absolute Gasteiger partial charge is 0.207 e. The van der Waals surface area contributed by atoms with Crippen LogP contribution in [0.4, 0.5) is 5.95 Å². The number of hydrogen-bond donors (Lipinski definition) is 1. The third kappa shape index (κ3) is 1.79. The van der Waals surface area contributed by atoms with Gasteiger partial charge < -0.3 is 10.5 Å². The molecule has 0 unspecified atom stereocenters. The Morgan fingerprint density at radius 2 is 2.11 bits per heavy atom. The van der Waals surface area contributed by atoms with Crippen molar-refractivity contribution >= 4 is 17.1 Å². The van der Waals surface area contributed by atoms with Gasteiger partial charge in [-0.2, -0.15) is 0 Å². The lowest BCUT2D eigenvalue weighted by molar-refractivity contribution is 0.414. The van der Waals surface area contributed by atoms with Crippen molar-refractivity contribution in [3.8, 4) is 11.4 Å². The summed E-state index contributed by atoms with van der Waals surface area (Å²) in [4.78, 5) is 8.67. The number of benzene rings is 1. The van der Waals surface area contributed by atoms with Gasteiger partial charge in [-0.15, -0.1) is 0 Å². The molecule has 5 nitrogen and oxygen atoms in total. The van der Waals surface area contributed by atoms with Crippen molar-refractivity contribution in [1.29, 1.82) is 0 Å². The Morgan fingerprint density at radius 1 is 1.26 bits per heavy atom. The molecule has 0 aliphatic rings. The molecule has 3 aromatic rings. The van der Waals surface area contributed by atoms with Gasteiger partial charge >= 0.3 is 0 Å². The Balaban J connectivity index is 2.27. The summed E-state index contributed by atoms with van der Waals surface area (Å²) < 4.78 is 7.06. The quantitative estimate of drug-likeness (QED) is 0.762. The van der Waals surface area contributed by atoms with Crippen LogP contribution in [0.2, 0.25) is 0 Å². The van der Waals surface area contributed by atoms with E-state index in [1.165, 1.54) is 0 Å². The van der Waals surface area contributed by atoms with Crippen molar-refractivity contribution in [2.75, 3.05) is 12.8 Å². The van der Waals surface area contributed by atoms with E-state index >= 15 is 0 Å². The second-order valence-electron chi connectivity index (χ2n) is 4.30. The maximum Gasteiger partial charge on any atom is 0.207 e. The van der Waals surface area contributed by atoms with Gasteiger partial charge in [0.1, 0.15) is 11.3 Å². The van der Waals surface area contributed by atoms with E-state index in [0.717, 1.165) is 28.2 Å². The first-order chi connectivity index (χ1) is 9.20. The summed E-state index contributed by atoms with van der Waals surface area (Å²) in [6.07, 6.45) is 1.73. The van der Waals surface area contributed by atoms with Gasteiger partial charge in [-0.25, -0.2) is 9.97 Å². The molecule has 0 saturated carbocycles. The summed E-state index contributed by atoms with van der Waals surface area (Å²) >= 11 is 0. The number of anilines is 1. The minimum atomic E-state index is 0.432. The van der Waals surface area contributed by atoms with Gasteiger partial charge in [-0.1, -0.05) is 0 Å². The third-order valence-electron chi connectivity index (χ3n) is 3.09. The van der Waals surface area contributed by atoms with E-state index in [4.69, 9.17) is 10.5 Å². The largest absolute Gasteiger partial charge is 0.497 e. The minimum absolute atomic E-state index is 0.432. The van der Waals surface area contributed by atoms with Crippen LogP contribution in [0.15, 0.2) is 36.5 Å². The van der Waals surface area contributed by atoms with Crippen molar-refractivity contribution < 1.29 is 4.74 Å². The van der Waals surface area contributed by atoms with Gasteiger partial charge in [-0.05, 0) is 42.8 Å². The van der Waals surface area contributed by atoms with Crippen molar-refractivity contribution in [2.45, 2.75) is 6.92 Å². The topological polar surface area (TPSA) is 66.0 Å². The zero-order valence-electron chi connectivity index (χ0n) is 10.8. The molecule has 0 radical (unpaired) electrons. The molecule has 96 valence electrons. The van der Waals surface area contributed by atoms with Crippen LogP contribution in [0.25, 0.3) is 16.9 Å². The fraction of sp³-hybridized carbons (Fsp3) is 0.143. The molecular formula is C14H14N4O. The summed E-state index contributed by atoms with van der Waals surface area (Å²) in [5.41, 5.74) is 9.56. The lowest BCUT2D eigenvalue weighted by Gasteiger charge is -2.10. The zero-order valence-corrected chi connectivity index (χ0v) is 10.8. The average Bonchev–Trinajstić information content (AvgIpc) is 2.75. The van der Waals surface area contributed by atoms with Crippen molar-refractivity contribution in [3.05, 3.63) is 42.1 Å². The lowest BCUT2D eigenvalue weighted by atomic mass is 10.2. The Kier molecular flexibility index (Phi) is 2.59. The summed E-state index contributed by atoms with van der Waals surface area (Å²) in [6, 6.07) is 9.56. The number of imidazole rings is 1. The van der Waals surface area contributed by atoms with Gasteiger partial charge in [0.05, 0.1) is 12.8 Å². The molecule has 0 bridgehead atoms. The molecule has 0 amide bonds. The fourth-order valence-electron chi connectivity index (χ4n) is 2.17. The van der Waals surface area contributed by atoms with Gasteiger partial charge in [0.25, 0.3) is 0 Å². The van der Waals surface area contributed by atoms with Gasteiger partial charge in [0.15, 0.2) is 5.65 Å². The van der Waals surface area contributed by atoms with E-state index in [1.807, 2.05) is 41.8 Å². The Morgan fingerprint density at radius 3 is 2.84 bits per heavy atom. The highest BCUT2D eigenvalue weighted by molar-refractivity contribution is 5.77. The van der Waals surface area contributed by atoms with Crippen LogP contribution in [-0.2, 0) is 0 Å². The Bertz CT molecular complexity index is 748. The molecule has 0 aliphatic carbocycles. The Hall–Kier alpha value is -2.56. The fourth-order valence-corrected chi connectivity index (χ4v) is 2.17. The number of nitrogen functional groups attached to an aromatic ring is 1. The third-order valence-corrected chi connectivity index (χ3v) is 3.09. The maximum atomic E-state index is 6.01. The SMILES string of the molecule is COc1ccc(-n2c(N)nc3cccnc32)c(C)c1. The van der Waals surface area contributed by atoms with Crippen LogP contribution in [0, 0.1) is 6.92 Å². The maximum absolute atomic E-state index is 6.01. The molecule has 2 N–H and O–H groups in total.